The number of amides is 1. The van der Waals surface area contributed by atoms with Crippen LogP contribution in [0, 0.1) is 0 Å². The van der Waals surface area contributed by atoms with Gasteiger partial charge in [-0.05, 0) is 44.0 Å². The maximum atomic E-state index is 13.1. The molecule has 3 heterocycles. The minimum atomic E-state index is -0.453. The second-order valence-electron chi connectivity index (χ2n) is 8.11. The van der Waals surface area contributed by atoms with Gasteiger partial charge in [0.15, 0.2) is 11.5 Å². The molecular weight excluding hydrogens is 408 g/mol. The average Bonchev–Trinajstić information content (AvgIpc) is 3.26. The summed E-state index contributed by atoms with van der Waals surface area (Å²) in [5.74, 6) is 0.752. The third-order valence-corrected chi connectivity index (χ3v) is 6.25. The van der Waals surface area contributed by atoms with E-state index < -0.39 is 5.69 Å². The van der Waals surface area contributed by atoms with Crippen LogP contribution in [0.2, 0.25) is 0 Å². The molecule has 5 rings (SSSR count). The number of hydrogen-bond acceptors (Lipinski definition) is 5. The Kier molecular flexibility index (Phi) is 5.13. The molecule has 1 saturated heterocycles. The third kappa shape index (κ3) is 3.41. The number of aromatic nitrogens is 3. The number of carbonyl (C=O) groups is 1. The lowest BCUT2D eigenvalue weighted by atomic mass is 9.97. The van der Waals surface area contributed by atoms with Crippen molar-refractivity contribution in [3.05, 3.63) is 75.3 Å². The van der Waals surface area contributed by atoms with Gasteiger partial charge in [-0.3, -0.25) is 18.7 Å². The van der Waals surface area contributed by atoms with Crippen LogP contribution in [0.25, 0.3) is 22.0 Å². The molecule has 8 heteroatoms. The van der Waals surface area contributed by atoms with E-state index in [1.165, 1.54) is 9.13 Å². The molecular formula is C24H24N4O4. The average molecular weight is 432 g/mol. The first kappa shape index (κ1) is 20.2. The molecule has 0 spiro atoms. The van der Waals surface area contributed by atoms with Gasteiger partial charge < -0.3 is 9.32 Å². The largest absolute Gasteiger partial charge is 0.440 e. The molecule has 0 N–H and O–H groups in total. The molecule has 0 bridgehead atoms. The van der Waals surface area contributed by atoms with Gasteiger partial charge in [0, 0.05) is 25.6 Å². The van der Waals surface area contributed by atoms with E-state index >= 15 is 0 Å². The summed E-state index contributed by atoms with van der Waals surface area (Å²) in [5.41, 5.74) is 1.33. The Hall–Kier alpha value is -3.68. The Labute approximate surface area is 183 Å². The van der Waals surface area contributed by atoms with Crippen LogP contribution in [0.15, 0.2) is 62.5 Å². The van der Waals surface area contributed by atoms with Gasteiger partial charge in [0.05, 0.1) is 10.9 Å². The predicted octanol–water partition coefficient (Wildman–Crippen LogP) is 2.73. The number of para-hydroxylation sites is 3. The summed E-state index contributed by atoms with van der Waals surface area (Å²) in [7, 11) is 0. The molecule has 1 fully saturated rings. The smallest absolute Gasteiger partial charge is 0.331 e. The van der Waals surface area contributed by atoms with Crippen molar-refractivity contribution in [3.8, 4) is 0 Å². The molecule has 2 aromatic carbocycles. The van der Waals surface area contributed by atoms with Gasteiger partial charge in [0.1, 0.15) is 12.1 Å². The molecule has 1 aliphatic rings. The van der Waals surface area contributed by atoms with E-state index in [2.05, 4.69) is 4.98 Å². The molecule has 0 saturated carbocycles. The Balaban J connectivity index is 1.35. The van der Waals surface area contributed by atoms with Gasteiger partial charge in [0.25, 0.3) is 5.56 Å². The summed E-state index contributed by atoms with van der Waals surface area (Å²) in [5, 5.41) is 0.441. The number of fused-ring (bicyclic) bond motifs is 2. The zero-order chi connectivity index (χ0) is 22.2. The van der Waals surface area contributed by atoms with E-state index in [1.807, 2.05) is 24.3 Å². The molecule has 0 radical (unpaired) electrons. The highest BCUT2D eigenvalue weighted by molar-refractivity contribution is 5.81. The standard InChI is InChI=1S/C24H24N4O4/c1-2-27-23(30)17-7-3-5-9-19(17)28(24(27)31)15-21(29)26-13-11-16(12-14-26)22-25-18-8-4-6-10-20(18)32-22/h3-10,16H,2,11-15H2,1H3. The van der Waals surface area contributed by atoms with Crippen LogP contribution >= 0.6 is 0 Å². The summed E-state index contributed by atoms with van der Waals surface area (Å²) < 4.78 is 8.50. The quantitative estimate of drug-likeness (QED) is 0.495. The highest BCUT2D eigenvalue weighted by Gasteiger charge is 2.27. The number of rotatable bonds is 4. The predicted molar refractivity (Wildman–Crippen MR) is 121 cm³/mol. The third-order valence-electron chi connectivity index (χ3n) is 6.25. The number of carbonyl (C=O) groups excluding carboxylic acids is 1. The lowest BCUT2D eigenvalue weighted by Crippen LogP contribution is -2.45. The number of likely N-dealkylation sites (tertiary alicyclic amines) is 1. The van der Waals surface area contributed by atoms with Gasteiger partial charge in [-0.25, -0.2) is 9.78 Å². The van der Waals surface area contributed by atoms with Crippen molar-refractivity contribution < 1.29 is 9.21 Å². The zero-order valence-corrected chi connectivity index (χ0v) is 17.9. The highest BCUT2D eigenvalue weighted by Crippen LogP contribution is 2.30. The summed E-state index contributed by atoms with van der Waals surface area (Å²) in [4.78, 5) is 45.0. The second-order valence-corrected chi connectivity index (χ2v) is 8.11. The van der Waals surface area contributed by atoms with E-state index in [9.17, 15) is 14.4 Å². The first-order valence-corrected chi connectivity index (χ1v) is 10.9. The maximum Gasteiger partial charge on any atom is 0.331 e. The number of oxazole rings is 1. The van der Waals surface area contributed by atoms with E-state index in [-0.39, 0.29) is 30.5 Å². The maximum absolute atomic E-state index is 13.1. The van der Waals surface area contributed by atoms with Crippen molar-refractivity contribution in [1.29, 1.82) is 0 Å². The first-order chi connectivity index (χ1) is 15.6. The summed E-state index contributed by atoms with van der Waals surface area (Å²) in [6.07, 6.45) is 1.51. The fourth-order valence-electron chi connectivity index (χ4n) is 4.48. The van der Waals surface area contributed by atoms with E-state index in [4.69, 9.17) is 4.42 Å². The summed E-state index contributed by atoms with van der Waals surface area (Å²) in [6.45, 7) is 3.06. The van der Waals surface area contributed by atoms with Crippen molar-refractivity contribution in [2.24, 2.45) is 0 Å². The van der Waals surface area contributed by atoms with E-state index in [0.29, 0.717) is 24.0 Å². The molecule has 0 unspecified atom stereocenters. The van der Waals surface area contributed by atoms with Crippen molar-refractivity contribution in [1.82, 2.24) is 19.0 Å². The molecule has 0 aliphatic carbocycles. The Morgan fingerprint density at radius 1 is 1.03 bits per heavy atom. The van der Waals surface area contributed by atoms with Crippen LogP contribution < -0.4 is 11.2 Å². The summed E-state index contributed by atoms with van der Waals surface area (Å²) >= 11 is 0. The molecule has 0 atom stereocenters. The van der Waals surface area contributed by atoms with Crippen molar-refractivity contribution in [2.75, 3.05) is 13.1 Å². The minimum Gasteiger partial charge on any atom is -0.440 e. The Morgan fingerprint density at radius 2 is 1.75 bits per heavy atom. The Morgan fingerprint density at radius 3 is 2.50 bits per heavy atom. The van der Waals surface area contributed by atoms with Crippen molar-refractivity contribution >= 4 is 27.9 Å². The molecule has 1 amide bonds. The minimum absolute atomic E-state index is 0.0901. The van der Waals surface area contributed by atoms with Gasteiger partial charge >= 0.3 is 5.69 Å². The normalized spacial score (nSPS) is 15.0. The first-order valence-electron chi connectivity index (χ1n) is 10.9. The van der Waals surface area contributed by atoms with Crippen LogP contribution in [-0.2, 0) is 17.9 Å². The molecule has 1 aliphatic heterocycles. The van der Waals surface area contributed by atoms with Gasteiger partial charge in [-0.2, -0.15) is 0 Å². The topological polar surface area (TPSA) is 90.3 Å². The molecule has 8 nitrogen and oxygen atoms in total. The number of nitrogens with zero attached hydrogens (tertiary/aromatic N) is 4. The number of piperidine rings is 1. The zero-order valence-electron chi connectivity index (χ0n) is 17.9. The van der Waals surface area contributed by atoms with Crippen LogP contribution in [-0.4, -0.2) is 38.0 Å². The highest BCUT2D eigenvalue weighted by atomic mass is 16.3. The van der Waals surface area contributed by atoms with Crippen LogP contribution in [0.3, 0.4) is 0 Å². The summed E-state index contributed by atoms with van der Waals surface area (Å²) in [6, 6.07) is 14.6. The van der Waals surface area contributed by atoms with E-state index in [1.54, 1.807) is 36.1 Å². The van der Waals surface area contributed by atoms with Gasteiger partial charge in [0.2, 0.25) is 5.91 Å². The van der Waals surface area contributed by atoms with Gasteiger partial charge in [-0.15, -0.1) is 0 Å². The fourth-order valence-corrected chi connectivity index (χ4v) is 4.48. The molecule has 32 heavy (non-hydrogen) atoms. The SMILES string of the molecule is CCn1c(=O)c2ccccc2n(CC(=O)N2CCC(c3nc4ccccc4o3)CC2)c1=O. The van der Waals surface area contributed by atoms with E-state index in [0.717, 1.165) is 29.8 Å². The lowest BCUT2D eigenvalue weighted by molar-refractivity contribution is -0.133. The van der Waals surface area contributed by atoms with Crippen molar-refractivity contribution in [3.63, 3.8) is 0 Å². The number of hydrogen-bond donors (Lipinski definition) is 0. The molecule has 4 aromatic rings. The van der Waals surface area contributed by atoms with Crippen LogP contribution in [0.1, 0.15) is 31.6 Å². The second kappa shape index (κ2) is 8.11. The lowest BCUT2D eigenvalue weighted by Gasteiger charge is -2.31. The van der Waals surface area contributed by atoms with Crippen LogP contribution in [0.4, 0.5) is 0 Å². The molecule has 2 aromatic heterocycles. The fraction of sp³-hybridized carbons (Fsp3) is 0.333. The monoisotopic (exact) mass is 432 g/mol. The van der Waals surface area contributed by atoms with Gasteiger partial charge in [-0.1, -0.05) is 24.3 Å². The van der Waals surface area contributed by atoms with Crippen molar-refractivity contribution in [2.45, 2.75) is 38.8 Å². The molecule has 164 valence electrons. The van der Waals surface area contributed by atoms with Crippen LogP contribution in [0.5, 0.6) is 0 Å². The number of benzene rings is 2. The Bertz CT molecular complexity index is 1390.